The van der Waals surface area contributed by atoms with E-state index in [0.717, 1.165) is 38.5 Å². The Kier molecular flexibility index (Phi) is 7.42. The Bertz CT molecular complexity index is 1440. The molecule has 12 heteroatoms. The summed E-state index contributed by atoms with van der Waals surface area (Å²) in [6.07, 6.45) is 7.56. The molecule has 2 aromatic heterocycles. The number of nitrogens with one attached hydrogen (secondary N) is 2. The maximum Gasteiger partial charge on any atom is 0.271 e. The number of ether oxygens (including phenoxy) is 2. The average Bonchev–Trinajstić information content (AvgIpc) is 3.72. The number of carbonyl (C=O) groups is 2. The topological polar surface area (TPSA) is 170 Å². The van der Waals surface area contributed by atoms with Gasteiger partial charge in [0.2, 0.25) is 5.91 Å². The molecule has 39 heavy (non-hydrogen) atoms. The first kappa shape index (κ1) is 26.1. The van der Waals surface area contributed by atoms with Gasteiger partial charge in [-0.2, -0.15) is 10.4 Å². The first-order valence-electron chi connectivity index (χ1n) is 12.9. The van der Waals surface area contributed by atoms with Crippen LogP contribution in [0.3, 0.4) is 0 Å². The Labute approximate surface area is 225 Å². The molecular weight excluding hydrogens is 500 g/mol. The van der Waals surface area contributed by atoms with Crippen molar-refractivity contribution in [3.8, 4) is 22.9 Å². The highest BCUT2D eigenvalue weighted by Crippen LogP contribution is 2.41. The van der Waals surface area contributed by atoms with Crippen molar-refractivity contribution in [1.82, 2.24) is 20.0 Å². The van der Waals surface area contributed by atoms with Gasteiger partial charge in [-0.1, -0.05) is 25.0 Å². The summed E-state index contributed by atoms with van der Waals surface area (Å²) in [5.41, 5.74) is 7.71. The largest absolute Gasteiger partial charge is 0.494 e. The van der Waals surface area contributed by atoms with Gasteiger partial charge in [0.05, 0.1) is 30.6 Å². The number of hydrogen-bond donors (Lipinski definition) is 3. The number of primary amides is 1. The molecule has 2 atom stereocenters. The molecular formula is C27H30N8O4. The Morgan fingerprint density at radius 3 is 2.59 bits per heavy atom. The Morgan fingerprint density at radius 2 is 1.90 bits per heavy atom. The lowest BCUT2D eigenvalue weighted by molar-refractivity contribution is -0.117. The molecule has 0 spiro atoms. The maximum atomic E-state index is 12.2. The summed E-state index contributed by atoms with van der Waals surface area (Å²) < 4.78 is 13.3. The first-order chi connectivity index (χ1) is 18.9. The van der Waals surface area contributed by atoms with Crippen molar-refractivity contribution in [2.24, 2.45) is 11.7 Å². The zero-order valence-corrected chi connectivity index (χ0v) is 21.8. The van der Waals surface area contributed by atoms with Gasteiger partial charge in [-0.05, 0) is 31.7 Å². The molecule has 4 N–H and O–H groups in total. The van der Waals surface area contributed by atoms with Crippen molar-refractivity contribution in [2.45, 2.75) is 50.7 Å². The standard InChI is InChI=1S/C27H30N8O4/c1-38-22-9-4-3-8-21(22)35-14-17(20(13-28)34-35)16-6-5-7-18(25(16)39-2)30-19-12-23(31-27(37)15-10-11-15)32-33-24(19)26(29)36/h5-7,12,14-15,21-22H,3-4,8-11H2,1-2H3,(H2,29,36)(H2,30,31,32,37)/t21-,22-/m0/s1. The Morgan fingerprint density at radius 1 is 1.10 bits per heavy atom. The minimum Gasteiger partial charge on any atom is -0.494 e. The number of amides is 2. The molecule has 3 aromatic rings. The van der Waals surface area contributed by atoms with Gasteiger partial charge in [-0.25, -0.2) is 0 Å². The number of carbonyl (C=O) groups excluding carboxylic acids is 2. The van der Waals surface area contributed by atoms with E-state index in [1.165, 1.54) is 13.2 Å². The normalized spacial score (nSPS) is 18.7. The van der Waals surface area contributed by atoms with Gasteiger partial charge in [-0.15, -0.1) is 10.2 Å². The van der Waals surface area contributed by atoms with Crippen LogP contribution in [-0.4, -0.2) is 52.1 Å². The van der Waals surface area contributed by atoms with Crippen molar-refractivity contribution in [3.05, 3.63) is 41.9 Å². The SMILES string of the molecule is COc1c(Nc2cc(NC(=O)C3CC3)nnc2C(N)=O)cccc1-c1cn([C@H]2CCCC[C@@H]2OC)nc1C#N. The summed E-state index contributed by atoms with van der Waals surface area (Å²) in [5, 5.41) is 28.2. The number of para-hydroxylation sites is 1. The van der Waals surface area contributed by atoms with Crippen molar-refractivity contribution < 1.29 is 19.1 Å². The van der Waals surface area contributed by atoms with Gasteiger partial charge >= 0.3 is 0 Å². The van der Waals surface area contributed by atoms with Crippen LogP contribution in [0, 0.1) is 17.2 Å². The molecule has 1 aromatic carbocycles. The molecule has 2 saturated carbocycles. The number of anilines is 3. The highest BCUT2D eigenvalue weighted by molar-refractivity contribution is 5.99. The van der Waals surface area contributed by atoms with Crippen LogP contribution in [0.2, 0.25) is 0 Å². The van der Waals surface area contributed by atoms with Gasteiger partial charge in [0.1, 0.15) is 11.8 Å². The van der Waals surface area contributed by atoms with E-state index >= 15 is 0 Å². The van der Waals surface area contributed by atoms with Crippen molar-refractivity contribution in [2.75, 3.05) is 24.9 Å². The van der Waals surface area contributed by atoms with Crippen LogP contribution < -0.4 is 21.1 Å². The molecule has 0 bridgehead atoms. The van der Waals surface area contributed by atoms with Gasteiger partial charge in [0.15, 0.2) is 17.2 Å². The third-order valence-corrected chi connectivity index (χ3v) is 7.15. The molecule has 2 fully saturated rings. The number of nitriles is 1. The summed E-state index contributed by atoms with van der Waals surface area (Å²) in [7, 11) is 3.22. The number of nitrogens with two attached hydrogens (primary N) is 1. The third-order valence-electron chi connectivity index (χ3n) is 7.15. The van der Waals surface area contributed by atoms with Crippen LogP contribution in [0.5, 0.6) is 5.75 Å². The fraction of sp³-hybridized carbons (Fsp3) is 0.407. The highest BCUT2D eigenvalue weighted by Gasteiger charge is 2.31. The fourth-order valence-electron chi connectivity index (χ4n) is 5.01. The molecule has 12 nitrogen and oxygen atoms in total. The second kappa shape index (κ2) is 11.1. The van der Waals surface area contributed by atoms with E-state index in [0.29, 0.717) is 22.6 Å². The number of aromatic nitrogens is 4. The summed E-state index contributed by atoms with van der Waals surface area (Å²) in [6.45, 7) is 0. The minimum atomic E-state index is -0.784. The number of hydrogen-bond acceptors (Lipinski definition) is 9. The quantitative estimate of drug-likeness (QED) is 0.374. The third kappa shape index (κ3) is 5.39. The van der Waals surface area contributed by atoms with Crippen LogP contribution in [-0.2, 0) is 9.53 Å². The van der Waals surface area contributed by atoms with E-state index in [-0.39, 0.29) is 46.9 Å². The van der Waals surface area contributed by atoms with E-state index in [9.17, 15) is 14.9 Å². The van der Waals surface area contributed by atoms with E-state index in [1.807, 2.05) is 16.9 Å². The molecule has 202 valence electrons. The van der Waals surface area contributed by atoms with Crippen molar-refractivity contribution in [1.29, 1.82) is 5.26 Å². The molecule has 0 saturated heterocycles. The Balaban J connectivity index is 1.51. The van der Waals surface area contributed by atoms with E-state index < -0.39 is 5.91 Å². The van der Waals surface area contributed by atoms with E-state index in [4.69, 9.17) is 15.2 Å². The van der Waals surface area contributed by atoms with Crippen LogP contribution in [0.15, 0.2) is 30.5 Å². The predicted molar refractivity (Wildman–Crippen MR) is 142 cm³/mol. The monoisotopic (exact) mass is 530 g/mol. The zero-order chi connectivity index (χ0) is 27.5. The molecule has 5 rings (SSSR count). The number of benzene rings is 1. The molecule has 2 amide bonds. The summed E-state index contributed by atoms with van der Waals surface area (Å²) in [4.78, 5) is 24.3. The molecule has 2 heterocycles. The summed E-state index contributed by atoms with van der Waals surface area (Å²) in [6, 6.07) is 9.13. The van der Waals surface area contributed by atoms with Crippen molar-refractivity contribution >= 4 is 29.0 Å². The number of nitrogens with zero attached hydrogens (tertiary/aromatic N) is 5. The second-order valence-electron chi connectivity index (χ2n) is 9.74. The lowest BCUT2D eigenvalue weighted by Gasteiger charge is -2.30. The lowest BCUT2D eigenvalue weighted by Crippen LogP contribution is -2.29. The number of rotatable bonds is 9. The summed E-state index contributed by atoms with van der Waals surface area (Å²) >= 11 is 0. The molecule has 0 radical (unpaired) electrons. The zero-order valence-electron chi connectivity index (χ0n) is 21.8. The predicted octanol–water partition coefficient (Wildman–Crippen LogP) is 3.54. The lowest BCUT2D eigenvalue weighted by atomic mass is 9.92. The van der Waals surface area contributed by atoms with Crippen LogP contribution in [0.1, 0.15) is 60.7 Å². The van der Waals surface area contributed by atoms with Gasteiger partial charge in [-0.3, -0.25) is 14.3 Å². The van der Waals surface area contributed by atoms with Gasteiger partial charge in [0.25, 0.3) is 5.91 Å². The molecule has 0 aliphatic heterocycles. The Hall–Kier alpha value is -4.50. The van der Waals surface area contributed by atoms with E-state index in [2.05, 4.69) is 32.0 Å². The van der Waals surface area contributed by atoms with Gasteiger partial charge in [0, 0.05) is 36.4 Å². The summed E-state index contributed by atoms with van der Waals surface area (Å²) in [5.74, 6) is -0.331. The van der Waals surface area contributed by atoms with Crippen LogP contribution >= 0.6 is 0 Å². The van der Waals surface area contributed by atoms with Crippen LogP contribution in [0.25, 0.3) is 11.1 Å². The molecule has 0 unspecified atom stereocenters. The average molecular weight is 531 g/mol. The minimum absolute atomic E-state index is 0.0222. The smallest absolute Gasteiger partial charge is 0.271 e. The van der Waals surface area contributed by atoms with Crippen LogP contribution in [0.4, 0.5) is 17.2 Å². The fourth-order valence-corrected chi connectivity index (χ4v) is 5.01. The first-order valence-corrected chi connectivity index (χ1v) is 12.9. The second-order valence-corrected chi connectivity index (χ2v) is 9.74. The maximum absolute atomic E-state index is 12.2. The highest BCUT2D eigenvalue weighted by atomic mass is 16.5. The molecule has 2 aliphatic carbocycles. The van der Waals surface area contributed by atoms with Gasteiger partial charge < -0.3 is 25.8 Å². The molecule has 2 aliphatic rings. The van der Waals surface area contributed by atoms with E-state index in [1.54, 1.807) is 19.2 Å². The number of methoxy groups -OCH3 is 2. The van der Waals surface area contributed by atoms with Crippen molar-refractivity contribution in [3.63, 3.8) is 0 Å².